The summed E-state index contributed by atoms with van der Waals surface area (Å²) in [7, 11) is 0. The molecule has 0 aromatic rings. The molecular formula is C16H31NO. The summed E-state index contributed by atoms with van der Waals surface area (Å²) in [6.07, 6.45) is 5.20. The standard InChI is InChI=1S/C16H31NO/c1-11(2)8-13(10-18)17-14-15(3,4)12-6-7-16(14,5)9-12/h11-14,17-18H,6-10H2,1-5H3. The predicted octanol–water partition coefficient (Wildman–Crippen LogP) is 3.20. The van der Waals surface area contributed by atoms with Gasteiger partial charge in [-0.2, -0.15) is 0 Å². The van der Waals surface area contributed by atoms with Gasteiger partial charge in [-0.15, -0.1) is 0 Å². The summed E-state index contributed by atoms with van der Waals surface area (Å²) in [5.74, 6) is 1.52. The Morgan fingerprint density at radius 2 is 1.94 bits per heavy atom. The second-order valence-electron chi connectivity index (χ2n) is 8.02. The van der Waals surface area contributed by atoms with Crippen LogP contribution in [0.1, 0.15) is 60.3 Å². The van der Waals surface area contributed by atoms with Gasteiger partial charge in [-0.3, -0.25) is 0 Å². The van der Waals surface area contributed by atoms with Gasteiger partial charge >= 0.3 is 0 Å². The average Bonchev–Trinajstić information content (AvgIpc) is 2.73. The predicted molar refractivity (Wildman–Crippen MR) is 76.5 cm³/mol. The summed E-state index contributed by atoms with van der Waals surface area (Å²) < 4.78 is 0. The Morgan fingerprint density at radius 1 is 1.28 bits per heavy atom. The molecular weight excluding hydrogens is 222 g/mol. The second kappa shape index (κ2) is 4.79. The van der Waals surface area contributed by atoms with Crippen LogP contribution in [-0.2, 0) is 0 Å². The molecule has 4 atom stereocenters. The van der Waals surface area contributed by atoms with Crippen molar-refractivity contribution in [3.8, 4) is 0 Å². The number of hydrogen-bond acceptors (Lipinski definition) is 2. The van der Waals surface area contributed by atoms with E-state index < -0.39 is 0 Å². The van der Waals surface area contributed by atoms with Crippen LogP contribution in [0.3, 0.4) is 0 Å². The molecule has 0 aliphatic heterocycles. The molecule has 2 heteroatoms. The molecule has 106 valence electrons. The van der Waals surface area contributed by atoms with Crippen molar-refractivity contribution in [2.24, 2.45) is 22.7 Å². The fourth-order valence-electron chi connectivity index (χ4n) is 4.72. The monoisotopic (exact) mass is 253 g/mol. The Balaban J connectivity index is 2.07. The van der Waals surface area contributed by atoms with Crippen molar-refractivity contribution >= 4 is 0 Å². The summed E-state index contributed by atoms with van der Waals surface area (Å²) in [6.45, 7) is 12.0. The molecule has 0 amide bonds. The van der Waals surface area contributed by atoms with Crippen molar-refractivity contribution < 1.29 is 5.11 Å². The molecule has 2 bridgehead atoms. The van der Waals surface area contributed by atoms with Crippen molar-refractivity contribution in [1.29, 1.82) is 0 Å². The summed E-state index contributed by atoms with van der Waals surface area (Å²) in [4.78, 5) is 0. The normalized spacial score (nSPS) is 39.5. The summed E-state index contributed by atoms with van der Waals surface area (Å²) in [6, 6.07) is 0.838. The molecule has 2 saturated carbocycles. The third kappa shape index (κ3) is 2.34. The third-order valence-corrected chi connectivity index (χ3v) is 5.65. The van der Waals surface area contributed by atoms with Gasteiger partial charge in [0, 0.05) is 12.1 Å². The Bertz CT molecular complexity index is 295. The van der Waals surface area contributed by atoms with Crippen molar-refractivity contribution in [1.82, 2.24) is 5.32 Å². The van der Waals surface area contributed by atoms with Crippen LogP contribution in [0.2, 0.25) is 0 Å². The molecule has 0 radical (unpaired) electrons. The highest BCUT2D eigenvalue weighted by atomic mass is 16.3. The van der Waals surface area contributed by atoms with Gasteiger partial charge < -0.3 is 10.4 Å². The first-order valence-corrected chi connectivity index (χ1v) is 7.66. The van der Waals surface area contributed by atoms with Crippen LogP contribution in [0, 0.1) is 22.7 Å². The van der Waals surface area contributed by atoms with Gasteiger partial charge in [-0.1, -0.05) is 34.6 Å². The lowest BCUT2D eigenvalue weighted by molar-refractivity contribution is 0.0824. The quantitative estimate of drug-likeness (QED) is 0.788. The smallest absolute Gasteiger partial charge is 0.0584 e. The molecule has 0 spiro atoms. The maximum atomic E-state index is 9.60. The Labute approximate surface area is 113 Å². The minimum absolute atomic E-state index is 0.269. The van der Waals surface area contributed by atoms with Crippen LogP contribution in [-0.4, -0.2) is 23.8 Å². The number of aliphatic hydroxyl groups excluding tert-OH is 1. The van der Waals surface area contributed by atoms with E-state index in [0.717, 1.165) is 12.3 Å². The Kier molecular flexibility index (Phi) is 3.81. The molecule has 4 unspecified atom stereocenters. The van der Waals surface area contributed by atoms with Crippen molar-refractivity contribution in [2.45, 2.75) is 72.4 Å². The minimum Gasteiger partial charge on any atom is -0.395 e. The summed E-state index contributed by atoms with van der Waals surface area (Å²) in [5, 5.41) is 13.4. The maximum Gasteiger partial charge on any atom is 0.0584 e. The first-order valence-electron chi connectivity index (χ1n) is 7.66. The molecule has 0 aromatic carbocycles. The molecule has 0 aromatic heterocycles. The second-order valence-corrected chi connectivity index (χ2v) is 8.02. The van der Waals surface area contributed by atoms with Crippen molar-refractivity contribution in [3.63, 3.8) is 0 Å². The molecule has 0 saturated heterocycles. The van der Waals surface area contributed by atoms with Gasteiger partial charge in [-0.05, 0) is 48.3 Å². The Hall–Kier alpha value is -0.0800. The van der Waals surface area contributed by atoms with E-state index in [1.54, 1.807) is 0 Å². The van der Waals surface area contributed by atoms with Crippen molar-refractivity contribution in [3.05, 3.63) is 0 Å². The first kappa shape index (κ1) is 14.3. The van der Waals surface area contributed by atoms with Gasteiger partial charge in [0.15, 0.2) is 0 Å². The molecule has 2 aliphatic rings. The lowest BCUT2D eigenvalue weighted by atomic mass is 9.68. The van der Waals surface area contributed by atoms with E-state index in [-0.39, 0.29) is 12.6 Å². The van der Waals surface area contributed by atoms with E-state index in [4.69, 9.17) is 0 Å². The van der Waals surface area contributed by atoms with E-state index in [0.29, 0.717) is 22.8 Å². The first-order chi connectivity index (χ1) is 8.29. The number of aliphatic hydroxyl groups is 1. The average molecular weight is 253 g/mol. The number of rotatable bonds is 5. The molecule has 0 heterocycles. The van der Waals surface area contributed by atoms with E-state index in [9.17, 15) is 5.11 Å². The van der Waals surface area contributed by atoms with E-state index in [1.165, 1.54) is 19.3 Å². The molecule has 2 N–H and O–H groups in total. The zero-order valence-corrected chi connectivity index (χ0v) is 12.8. The molecule has 2 nitrogen and oxygen atoms in total. The largest absolute Gasteiger partial charge is 0.395 e. The fourth-order valence-corrected chi connectivity index (χ4v) is 4.72. The third-order valence-electron chi connectivity index (χ3n) is 5.65. The van der Waals surface area contributed by atoms with E-state index in [1.807, 2.05) is 0 Å². The van der Waals surface area contributed by atoms with Gasteiger partial charge in [0.2, 0.25) is 0 Å². The van der Waals surface area contributed by atoms with Crippen molar-refractivity contribution in [2.75, 3.05) is 6.61 Å². The zero-order chi connectivity index (χ0) is 13.6. The van der Waals surface area contributed by atoms with Gasteiger partial charge in [0.25, 0.3) is 0 Å². The van der Waals surface area contributed by atoms with E-state index in [2.05, 4.69) is 39.9 Å². The highest BCUT2D eigenvalue weighted by Crippen LogP contribution is 2.62. The topological polar surface area (TPSA) is 32.3 Å². The Morgan fingerprint density at radius 3 is 2.39 bits per heavy atom. The highest BCUT2D eigenvalue weighted by molar-refractivity contribution is 5.12. The van der Waals surface area contributed by atoms with Gasteiger partial charge in [0.05, 0.1) is 6.61 Å². The lowest BCUT2D eigenvalue weighted by Crippen LogP contribution is -2.54. The lowest BCUT2D eigenvalue weighted by Gasteiger charge is -2.45. The molecule has 2 fully saturated rings. The molecule has 2 aliphatic carbocycles. The zero-order valence-electron chi connectivity index (χ0n) is 12.8. The maximum absolute atomic E-state index is 9.60. The van der Waals surface area contributed by atoms with Crippen LogP contribution < -0.4 is 5.32 Å². The van der Waals surface area contributed by atoms with E-state index >= 15 is 0 Å². The van der Waals surface area contributed by atoms with Crippen LogP contribution in [0.25, 0.3) is 0 Å². The minimum atomic E-state index is 0.269. The number of hydrogen-bond donors (Lipinski definition) is 2. The van der Waals surface area contributed by atoms with Crippen LogP contribution >= 0.6 is 0 Å². The summed E-state index contributed by atoms with van der Waals surface area (Å²) >= 11 is 0. The SMILES string of the molecule is CC(C)CC(CO)NC1C2(C)CCC(C2)C1(C)C. The van der Waals surface area contributed by atoms with Crippen LogP contribution in [0.15, 0.2) is 0 Å². The molecule has 2 rings (SSSR count). The fraction of sp³-hybridized carbons (Fsp3) is 1.00. The van der Waals surface area contributed by atoms with Gasteiger partial charge in [0.1, 0.15) is 0 Å². The van der Waals surface area contributed by atoms with Crippen LogP contribution in [0.5, 0.6) is 0 Å². The highest BCUT2D eigenvalue weighted by Gasteiger charge is 2.59. The van der Waals surface area contributed by atoms with Gasteiger partial charge in [-0.25, -0.2) is 0 Å². The molecule has 18 heavy (non-hydrogen) atoms. The van der Waals surface area contributed by atoms with Crippen LogP contribution in [0.4, 0.5) is 0 Å². The number of nitrogens with one attached hydrogen (secondary N) is 1. The number of fused-ring (bicyclic) bond motifs is 2. The summed E-state index contributed by atoms with van der Waals surface area (Å²) in [5.41, 5.74) is 0.843.